The highest BCUT2D eigenvalue weighted by atomic mass is 32.2. The average Bonchev–Trinajstić information content (AvgIpc) is 3.29. The molecule has 2 N–H and O–H groups in total. The Balaban J connectivity index is 1.25. The van der Waals surface area contributed by atoms with Gasteiger partial charge in [-0.1, -0.05) is 23.9 Å². The minimum Gasteiger partial charge on any atom is -0.508 e. The number of phenolic OH excluding ortho intramolecular Hbond substituents is 1. The molecule has 1 aliphatic rings. The van der Waals surface area contributed by atoms with E-state index in [-0.39, 0.29) is 18.8 Å². The predicted octanol–water partition coefficient (Wildman–Crippen LogP) is 4.85. The summed E-state index contributed by atoms with van der Waals surface area (Å²) in [5, 5.41) is 9.83. The van der Waals surface area contributed by atoms with Crippen molar-refractivity contribution in [2.75, 3.05) is 0 Å². The van der Waals surface area contributed by atoms with E-state index in [1.54, 1.807) is 42.5 Å². The van der Waals surface area contributed by atoms with E-state index in [1.165, 1.54) is 0 Å². The lowest BCUT2D eigenvalue weighted by atomic mass is 10.1. The number of fused-ring (bicyclic) bond motifs is 1. The second-order valence-electron chi connectivity index (χ2n) is 8.16. The third-order valence-electron chi connectivity index (χ3n) is 5.69. The lowest BCUT2D eigenvalue weighted by Gasteiger charge is -2.09. The number of benzene rings is 3. The number of thioether (sulfide) groups is 1. The number of hydrogen-bond acceptors (Lipinski definition) is 7. The van der Waals surface area contributed by atoms with E-state index >= 15 is 0 Å². The van der Waals surface area contributed by atoms with Crippen molar-refractivity contribution in [2.24, 2.45) is 7.05 Å². The molecule has 0 spiro atoms. The van der Waals surface area contributed by atoms with Crippen LogP contribution >= 0.6 is 11.8 Å². The monoisotopic (exact) mass is 490 g/mol. The molecule has 9 heteroatoms. The summed E-state index contributed by atoms with van der Waals surface area (Å²) in [6, 6.07) is 17.8. The fourth-order valence-corrected chi connectivity index (χ4v) is 4.49. The SMILES string of the molecule is [2H]C1(Cc2ccc(OCc3nc4ccc(Oc5ccc(O)c(C)c5)cc4n3C)cc2)SC(=O)NC1=O. The van der Waals surface area contributed by atoms with Gasteiger partial charge in [-0.05, 0) is 66.9 Å². The zero-order chi connectivity index (χ0) is 25.4. The molecule has 1 atom stereocenters. The third kappa shape index (κ3) is 4.95. The molecule has 0 bridgehead atoms. The number of carbonyl (C=O) groups is 2. The quantitative estimate of drug-likeness (QED) is 0.382. The fraction of sp³-hybridized carbons (Fsp3) is 0.192. The van der Waals surface area contributed by atoms with Gasteiger partial charge in [0.25, 0.3) is 5.24 Å². The molecule has 1 fully saturated rings. The molecule has 35 heavy (non-hydrogen) atoms. The molecule has 1 saturated heterocycles. The molecule has 8 nitrogen and oxygen atoms in total. The van der Waals surface area contributed by atoms with Crippen molar-refractivity contribution >= 4 is 33.9 Å². The molecule has 2 heterocycles. The van der Waals surface area contributed by atoms with Crippen LogP contribution in [0.1, 0.15) is 18.3 Å². The molecule has 2 amide bonds. The van der Waals surface area contributed by atoms with Gasteiger partial charge in [-0.2, -0.15) is 0 Å². The molecular weight excluding hydrogens is 466 g/mol. The lowest BCUT2D eigenvalue weighted by molar-refractivity contribution is -0.118. The second-order valence-corrected chi connectivity index (χ2v) is 9.23. The highest BCUT2D eigenvalue weighted by molar-refractivity contribution is 8.15. The molecule has 3 aromatic carbocycles. The number of hydrogen-bond donors (Lipinski definition) is 2. The molecule has 4 aromatic rings. The van der Waals surface area contributed by atoms with Crippen LogP contribution in [0.25, 0.3) is 11.0 Å². The van der Waals surface area contributed by atoms with Crippen LogP contribution in [0.15, 0.2) is 60.7 Å². The number of aryl methyl sites for hydroxylation is 2. The zero-order valence-corrected chi connectivity index (χ0v) is 19.9. The first kappa shape index (κ1) is 21.5. The molecule has 0 aliphatic carbocycles. The molecular formula is C26H23N3O5S. The van der Waals surface area contributed by atoms with E-state index in [1.807, 2.05) is 36.7 Å². The van der Waals surface area contributed by atoms with E-state index in [4.69, 9.17) is 10.8 Å². The number of nitrogens with one attached hydrogen (secondary N) is 1. The molecule has 5 rings (SSSR count). The van der Waals surface area contributed by atoms with Gasteiger partial charge in [-0.25, -0.2) is 4.98 Å². The average molecular weight is 491 g/mol. The molecule has 1 unspecified atom stereocenters. The summed E-state index contributed by atoms with van der Waals surface area (Å²) < 4.78 is 22.1. The van der Waals surface area contributed by atoms with Gasteiger partial charge in [0.2, 0.25) is 5.91 Å². The minimum atomic E-state index is -1.55. The zero-order valence-electron chi connectivity index (χ0n) is 20.1. The predicted molar refractivity (Wildman–Crippen MR) is 133 cm³/mol. The number of rotatable bonds is 7. The number of phenols is 1. The van der Waals surface area contributed by atoms with Crippen molar-refractivity contribution < 1.29 is 25.5 Å². The smallest absolute Gasteiger partial charge is 0.286 e. The number of nitrogens with zero attached hydrogens (tertiary/aromatic N) is 2. The van der Waals surface area contributed by atoms with Gasteiger partial charge < -0.3 is 19.1 Å². The maximum absolute atomic E-state index is 11.9. The van der Waals surface area contributed by atoms with Gasteiger partial charge in [-0.3, -0.25) is 14.9 Å². The van der Waals surface area contributed by atoms with E-state index in [0.717, 1.165) is 28.0 Å². The summed E-state index contributed by atoms with van der Waals surface area (Å²) >= 11 is 0.694. The lowest BCUT2D eigenvalue weighted by Crippen LogP contribution is -2.25. The summed E-state index contributed by atoms with van der Waals surface area (Å²) in [4.78, 5) is 28.0. The van der Waals surface area contributed by atoms with Gasteiger partial charge in [0.15, 0.2) is 0 Å². The summed E-state index contributed by atoms with van der Waals surface area (Å²) in [6.45, 7) is 2.06. The van der Waals surface area contributed by atoms with Crippen LogP contribution < -0.4 is 14.8 Å². The van der Waals surface area contributed by atoms with Crippen molar-refractivity contribution in [3.8, 4) is 23.0 Å². The van der Waals surface area contributed by atoms with E-state index in [0.29, 0.717) is 29.0 Å². The van der Waals surface area contributed by atoms with Crippen LogP contribution in [0, 0.1) is 6.92 Å². The second kappa shape index (κ2) is 9.34. The number of amides is 2. The molecule has 1 aromatic heterocycles. The normalized spacial score (nSPS) is 17.9. The highest BCUT2D eigenvalue weighted by Crippen LogP contribution is 2.29. The first-order valence-corrected chi connectivity index (χ1v) is 11.7. The maximum Gasteiger partial charge on any atom is 0.286 e. The summed E-state index contributed by atoms with van der Waals surface area (Å²) in [5.41, 5.74) is 3.19. The number of ether oxygens (including phenoxy) is 2. The Kier molecular flexibility index (Phi) is 5.75. The molecule has 0 radical (unpaired) electrons. The summed E-state index contributed by atoms with van der Waals surface area (Å²) in [7, 11) is 1.91. The number of aromatic nitrogens is 2. The Bertz CT molecular complexity index is 1490. The van der Waals surface area contributed by atoms with Crippen LogP contribution in [-0.2, 0) is 24.9 Å². The molecule has 0 saturated carbocycles. The van der Waals surface area contributed by atoms with Crippen LogP contribution in [0.3, 0.4) is 0 Å². The van der Waals surface area contributed by atoms with Crippen LogP contribution in [0.4, 0.5) is 4.79 Å². The van der Waals surface area contributed by atoms with Gasteiger partial charge in [0, 0.05) is 13.1 Å². The van der Waals surface area contributed by atoms with Gasteiger partial charge in [-0.15, -0.1) is 0 Å². The van der Waals surface area contributed by atoms with Crippen molar-refractivity contribution in [1.29, 1.82) is 0 Å². The van der Waals surface area contributed by atoms with Crippen molar-refractivity contribution in [1.82, 2.24) is 14.9 Å². The number of imidazole rings is 1. The topological polar surface area (TPSA) is 103 Å². The summed E-state index contributed by atoms with van der Waals surface area (Å²) in [6.07, 6.45) is 0.119. The Labute approximate surface area is 207 Å². The standard InChI is InChI=1S/C26H23N3O5S/c1-15-11-18(8-10-22(15)30)34-19-7-9-20-21(13-19)29(2)24(27-20)14-33-17-5-3-16(4-6-17)12-23-25(31)28-26(32)35-23/h3-11,13,23,30H,12,14H2,1-2H3,(H,28,31,32)/i23D. The maximum atomic E-state index is 11.9. The number of imide groups is 1. The Hall–Kier alpha value is -3.98. The van der Waals surface area contributed by atoms with Crippen LogP contribution in [0.5, 0.6) is 23.0 Å². The highest BCUT2D eigenvalue weighted by Gasteiger charge is 2.31. The van der Waals surface area contributed by atoms with Crippen molar-refractivity contribution in [3.05, 3.63) is 77.6 Å². The third-order valence-corrected chi connectivity index (χ3v) is 6.55. The molecule has 178 valence electrons. The van der Waals surface area contributed by atoms with Crippen LogP contribution in [-0.4, -0.2) is 31.0 Å². The van der Waals surface area contributed by atoms with Crippen molar-refractivity contribution in [3.63, 3.8) is 0 Å². The first-order valence-electron chi connectivity index (χ1n) is 11.4. The first-order chi connectivity index (χ1) is 17.2. The van der Waals surface area contributed by atoms with Crippen molar-refractivity contribution in [2.45, 2.75) is 25.2 Å². The number of carbonyl (C=O) groups excluding carboxylic acids is 2. The van der Waals surface area contributed by atoms with Gasteiger partial charge in [0.1, 0.15) is 35.4 Å². The van der Waals surface area contributed by atoms with E-state index in [2.05, 4.69) is 10.3 Å². The Morgan fingerprint density at radius 2 is 1.80 bits per heavy atom. The molecule has 1 aliphatic heterocycles. The fourth-order valence-electron chi connectivity index (χ4n) is 3.74. The van der Waals surface area contributed by atoms with Gasteiger partial charge >= 0.3 is 0 Å². The minimum absolute atomic E-state index is 0.119. The van der Waals surface area contributed by atoms with Crippen LogP contribution in [0.2, 0.25) is 0 Å². The summed E-state index contributed by atoms with van der Waals surface area (Å²) in [5.74, 6) is 2.27. The number of aromatic hydroxyl groups is 1. The van der Waals surface area contributed by atoms with E-state index < -0.39 is 16.4 Å². The Morgan fingerprint density at radius 3 is 2.51 bits per heavy atom. The van der Waals surface area contributed by atoms with Gasteiger partial charge in [0.05, 0.1) is 17.6 Å². The Morgan fingerprint density at radius 1 is 1.09 bits per heavy atom. The van der Waals surface area contributed by atoms with E-state index in [9.17, 15) is 14.7 Å². The largest absolute Gasteiger partial charge is 0.508 e.